The van der Waals surface area contributed by atoms with E-state index in [1.165, 1.54) is 218 Å². The van der Waals surface area contributed by atoms with Gasteiger partial charge in [0.1, 0.15) is 13.2 Å². The SMILES string of the molecule is CCCCCCC/C=C\C/C=C\CCCCCCCCCCCCCCCCCCCC(=O)OC(COC(=O)CCCCCCCCCCCCCCCCCC)COC(OCC[N+](C)(C)C)C(=O)O. The molecule has 0 rings (SSSR count). The number of carbonyl (C=O) groups excluding carboxylic acids is 2. The van der Waals surface area contributed by atoms with Gasteiger partial charge in [0.25, 0.3) is 6.29 Å². The third kappa shape index (κ3) is 53.6. The van der Waals surface area contributed by atoms with Crippen LogP contribution in [-0.4, -0.2) is 87.4 Å². The first-order valence-corrected chi connectivity index (χ1v) is 30.0. The predicted octanol–water partition coefficient (Wildman–Crippen LogP) is 17.5. The standard InChI is InChI=1S/C61H115NO8/c1-6-8-10-12-14-16-18-20-22-24-25-26-27-28-29-30-31-32-33-34-35-36-38-40-42-44-46-48-50-52-59(64)70-57(56-69-61(60(65)66)67-54-53-62(3,4)5)55-68-58(63)51-49-47-45-43-41-39-37-23-21-19-17-15-13-11-9-7-2/h18,20,24-25,57,61H,6-17,19,21-23,26-56H2,1-5H3/p+1/b20-18-,25-24-. The van der Waals surface area contributed by atoms with E-state index in [0.717, 1.165) is 44.9 Å². The Hall–Kier alpha value is -2.23. The zero-order chi connectivity index (χ0) is 51.3. The topological polar surface area (TPSA) is 108 Å². The smallest absolute Gasteiger partial charge is 0.361 e. The van der Waals surface area contributed by atoms with Gasteiger partial charge in [0.05, 0.1) is 34.4 Å². The largest absolute Gasteiger partial charge is 0.477 e. The number of rotatable bonds is 56. The average molecular weight is 992 g/mol. The molecule has 2 unspecified atom stereocenters. The summed E-state index contributed by atoms with van der Waals surface area (Å²) in [6.07, 6.45) is 59.7. The van der Waals surface area contributed by atoms with Crippen LogP contribution in [0.5, 0.6) is 0 Å². The zero-order valence-electron chi connectivity index (χ0n) is 47.0. The van der Waals surface area contributed by atoms with Gasteiger partial charge in [-0.25, -0.2) is 4.79 Å². The van der Waals surface area contributed by atoms with Gasteiger partial charge < -0.3 is 28.5 Å². The first-order chi connectivity index (χ1) is 34.1. The molecule has 0 aliphatic rings. The summed E-state index contributed by atoms with van der Waals surface area (Å²) in [5.74, 6) is -1.98. The minimum Gasteiger partial charge on any atom is -0.477 e. The molecule has 1 N–H and O–H groups in total. The van der Waals surface area contributed by atoms with E-state index in [2.05, 4.69) is 38.2 Å². The number of likely N-dealkylation sites (N-methyl/N-ethyl adjacent to an activating group) is 1. The maximum Gasteiger partial charge on any atom is 0.361 e. The zero-order valence-corrected chi connectivity index (χ0v) is 47.0. The highest BCUT2D eigenvalue weighted by atomic mass is 16.7. The molecule has 9 heteroatoms. The van der Waals surface area contributed by atoms with Gasteiger partial charge in [-0.15, -0.1) is 0 Å². The summed E-state index contributed by atoms with van der Waals surface area (Å²) in [7, 11) is 5.98. The predicted molar refractivity (Wildman–Crippen MR) is 295 cm³/mol. The molecule has 0 heterocycles. The molecule has 0 aromatic carbocycles. The summed E-state index contributed by atoms with van der Waals surface area (Å²) < 4.78 is 22.9. The fraction of sp³-hybridized carbons (Fsp3) is 0.885. The van der Waals surface area contributed by atoms with Crippen molar-refractivity contribution in [3.63, 3.8) is 0 Å². The van der Waals surface area contributed by atoms with Gasteiger partial charge in [-0.2, -0.15) is 0 Å². The number of carboxylic acids is 1. The number of ether oxygens (including phenoxy) is 4. The number of carboxylic acid groups (broad SMARTS) is 1. The maximum atomic E-state index is 12.9. The van der Waals surface area contributed by atoms with Gasteiger partial charge in [-0.3, -0.25) is 9.59 Å². The molecule has 0 spiro atoms. The van der Waals surface area contributed by atoms with Gasteiger partial charge in [-0.1, -0.05) is 256 Å². The number of hydrogen-bond acceptors (Lipinski definition) is 7. The number of carbonyl (C=O) groups is 3. The number of hydrogen-bond donors (Lipinski definition) is 1. The summed E-state index contributed by atoms with van der Waals surface area (Å²) in [6, 6.07) is 0. The number of aliphatic carboxylic acids is 1. The van der Waals surface area contributed by atoms with Gasteiger partial charge >= 0.3 is 17.9 Å². The third-order valence-electron chi connectivity index (χ3n) is 13.5. The van der Waals surface area contributed by atoms with Crippen molar-refractivity contribution in [1.29, 1.82) is 0 Å². The van der Waals surface area contributed by atoms with Gasteiger partial charge in [0, 0.05) is 12.8 Å². The van der Waals surface area contributed by atoms with Crippen LogP contribution in [0.3, 0.4) is 0 Å². The molecule has 0 fully saturated rings. The summed E-state index contributed by atoms with van der Waals surface area (Å²) in [4.78, 5) is 37.4. The summed E-state index contributed by atoms with van der Waals surface area (Å²) in [5, 5.41) is 9.70. The molecule has 0 aromatic rings. The van der Waals surface area contributed by atoms with E-state index in [9.17, 15) is 19.5 Å². The lowest BCUT2D eigenvalue weighted by molar-refractivity contribution is -0.870. The molecular weight excluding hydrogens is 875 g/mol. The molecule has 0 saturated heterocycles. The number of quaternary nitrogens is 1. The average Bonchev–Trinajstić information content (AvgIpc) is 3.33. The Bertz CT molecular complexity index is 1200. The fourth-order valence-electron chi connectivity index (χ4n) is 8.81. The molecule has 70 heavy (non-hydrogen) atoms. The molecule has 9 nitrogen and oxygen atoms in total. The van der Waals surface area contributed by atoms with Crippen LogP contribution in [-0.2, 0) is 33.3 Å². The Kier molecular flexibility index (Phi) is 51.4. The second-order valence-corrected chi connectivity index (χ2v) is 21.7. The Morgan fingerprint density at radius 1 is 0.429 bits per heavy atom. The van der Waals surface area contributed by atoms with Crippen LogP contribution in [0.2, 0.25) is 0 Å². The van der Waals surface area contributed by atoms with E-state index in [4.69, 9.17) is 18.9 Å². The molecule has 0 aliphatic heterocycles. The Balaban J connectivity index is 4.13. The van der Waals surface area contributed by atoms with E-state index in [0.29, 0.717) is 17.4 Å². The van der Waals surface area contributed by atoms with Crippen molar-refractivity contribution in [1.82, 2.24) is 0 Å². The van der Waals surface area contributed by atoms with Crippen LogP contribution in [0.4, 0.5) is 0 Å². The quantitative estimate of drug-likeness (QED) is 0.0211. The molecule has 0 bridgehead atoms. The van der Waals surface area contributed by atoms with Crippen LogP contribution in [0, 0.1) is 0 Å². The van der Waals surface area contributed by atoms with Crippen molar-refractivity contribution in [2.24, 2.45) is 0 Å². The molecule has 0 aromatic heterocycles. The molecule has 0 saturated carbocycles. The number of esters is 2. The Labute approximate surface area is 433 Å². The number of allylic oxidation sites excluding steroid dienone is 4. The molecule has 0 radical (unpaired) electrons. The highest BCUT2D eigenvalue weighted by Gasteiger charge is 2.25. The van der Waals surface area contributed by atoms with E-state index in [1.54, 1.807) is 0 Å². The molecule has 0 aliphatic carbocycles. The summed E-state index contributed by atoms with van der Waals surface area (Å²) in [5.41, 5.74) is 0. The van der Waals surface area contributed by atoms with E-state index >= 15 is 0 Å². The van der Waals surface area contributed by atoms with Gasteiger partial charge in [-0.05, 0) is 44.9 Å². The van der Waals surface area contributed by atoms with Crippen molar-refractivity contribution < 1.29 is 42.9 Å². The Morgan fingerprint density at radius 3 is 1.13 bits per heavy atom. The van der Waals surface area contributed by atoms with Crippen LogP contribution in [0.1, 0.15) is 290 Å². The second kappa shape index (κ2) is 53.1. The Morgan fingerprint density at radius 2 is 0.771 bits per heavy atom. The van der Waals surface area contributed by atoms with E-state index < -0.39 is 18.4 Å². The van der Waals surface area contributed by atoms with Crippen LogP contribution < -0.4 is 0 Å². The van der Waals surface area contributed by atoms with Crippen molar-refractivity contribution in [2.45, 2.75) is 302 Å². The summed E-state index contributed by atoms with van der Waals surface area (Å²) in [6.45, 7) is 4.92. The lowest BCUT2D eigenvalue weighted by Crippen LogP contribution is -2.40. The first kappa shape index (κ1) is 67.8. The molecule has 0 amide bonds. The third-order valence-corrected chi connectivity index (χ3v) is 13.5. The van der Waals surface area contributed by atoms with Gasteiger partial charge in [0.2, 0.25) is 0 Å². The van der Waals surface area contributed by atoms with Crippen molar-refractivity contribution in [2.75, 3.05) is 47.5 Å². The fourth-order valence-corrected chi connectivity index (χ4v) is 8.81. The van der Waals surface area contributed by atoms with Crippen molar-refractivity contribution in [3.8, 4) is 0 Å². The number of nitrogens with zero attached hydrogens (tertiary/aromatic N) is 1. The second-order valence-electron chi connectivity index (χ2n) is 21.7. The van der Waals surface area contributed by atoms with Gasteiger partial charge in [0.15, 0.2) is 6.10 Å². The normalized spacial score (nSPS) is 12.9. The van der Waals surface area contributed by atoms with E-state index in [-0.39, 0.29) is 38.2 Å². The van der Waals surface area contributed by atoms with Crippen LogP contribution >= 0.6 is 0 Å². The maximum absolute atomic E-state index is 12.9. The van der Waals surface area contributed by atoms with Crippen LogP contribution in [0.25, 0.3) is 0 Å². The minimum absolute atomic E-state index is 0.175. The lowest BCUT2D eigenvalue weighted by atomic mass is 10.0. The monoisotopic (exact) mass is 991 g/mol. The van der Waals surface area contributed by atoms with Crippen molar-refractivity contribution in [3.05, 3.63) is 24.3 Å². The highest BCUT2D eigenvalue weighted by molar-refractivity contribution is 5.71. The summed E-state index contributed by atoms with van der Waals surface area (Å²) >= 11 is 0. The first-order valence-electron chi connectivity index (χ1n) is 30.0. The van der Waals surface area contributed by atoms with E-state index in [1.807, 2.05) is 21.1 Å². The lowest BCUT2D eigenvalue weighted by Gasteiger charge is -2.25. The molecule has 2 atom stereocenters. The molecular formula is C61H116NO8+. The highest BCUT2D eigenvalue weighted by Crippen LogP contribution is 2.17. The number of unbranched alkanes of at least 4 members (excludes halogenated alkanes) is 37. The van der Waals surface area contributed by atoms with Crippen LogP contribution in [0.15, 0.2) is 24.3 Å². The molecule has 412 valence electrons. The minimum atomic E-state index is -1.51. The van der Waals surface area contributed by atoms with Crippen molar-refractivity contribution >= 4 is 17.9 Å².